The van der Waals surface area contributed by atoms with Gasteiger partial charge in [0.2, 0.25) is 0 Å². The lowest BCUT2D eigenvalue weighted by atomic mass is 9.48. The highest BCUT2D eigenvalue weighted by Crippen LogP contribution is 2.62. The van der Waals surface area contributed by atoms with Crippen molar-refractivity contribution in [2.45, 2.75) is 54.6 Å². The average Bonchev–Trinajstić information content (AvgIpc) is 2.72. The molecule has 4 aliphatic rings. The number of hydrogen-bond donors (Lipinski definition) is 1. The second-order valence-corrected chi connectivity index (χ2v) is 11.8. The van der Waals surface area contributed by atoms with Gasteiger partial charge in [-0.05, 0) is 91.5 Å². The first kappa shape index (κ1) is 20.6. The average molecular weight is 441 g/mol. The summed E-state index contributed by atoms with van der Waals surface area (Å²) in [6.07, 6.45) is 7.27. The van der Waals surface area contributed by atoms with Crippen molar-refractivity contribution in [2.75, 3.05) is 7.11 Å². The second-order valence-electron chi connectivity index (χ2n) is 9.78. The van der Waals surface area contributed by atoms with E-state index in [1.165, 1.54) is 25.3 Å². The molecule has 4 fully saturated rings. The number of hydrogen-bond acceptors (Lipinski definition) is 4. The van der Waals surface area contributed by atoms with Gasteiger partial charge in [0.25, 0.3) is 0 Å². The van der Waals surface area contributed by atoms with E-state index >= 15 is 0 Å². The smallest absolute Gasteiger partial charge is 0.335 e. The summed E-state index contributed by atoms with van der Waals surface area (Å²) in [6, 6.07) is 11.5. The fourth-order valence-corrected chi connectivity index (χ4v) is 8.28. The Bertz CT molecular complexity index is 1100. The molecular weight excluding hydrogens is 412 g/mol. The molecule has 2 aromatic rings. The van der Waals surface area contributed by atoms with E-state index in [-0.39, 0.29) is 21.6 Å². The molecular formula is C25H28O5S. The number of ether oxygens (including phenoxy) is 1. The van der Waals surface area contributed by atoms with Crippen molar-refractivity contribution in [1.82, 2.24) is 0 Å². The minimum Gasteiger partial charge on any atom is -0.496 e. The van der Waals surface area contributed by atoms with Gasteiger partial charge in [-0.2, -0.15) is 0 Å². The molecule has 0 radical (unpaired) electrons. The Labute approximate surface area is 183 Å². The molecule has 0 unspecified atom stereocenters. The number of carboxylic acids is 1. The van der Waals surface area contributed by atoms with Gasteiger partial charge in [0, 0.05) is 5.56 Å². The standard InChI is InChI=1S/C25H28O5S/c1-30-23-7-6-20(31(28,29)15-19-4-2-3-5-21(19)24(26)27)11-22(23)25-12-16-8-17(13-25)10-18(9-16)14-25/h2-7,11,16-18H,8-10,12-15H2,1H3,(H,26,27). The molecule has 5 nitrogen and oxygen atoms in total. The number of benzene rings is 2. The monoisotopic (exact) mass is 440 g/mol. The lowest BCUT2D eigenvalue weighted by molar-refractivity contribution is -0.00625. The molecule has 4 aliphatic carbocycles. The SMILES string of the molecule is COc1ccc(S(=O)(=O)Cc2ccccc2C(=O)O)cc1C12CC3CC(CC(C3)C1)C2. The molecule has 6 heteroatoms. The van der Waals surface area contributed by atoms with Crippen LogP contribution in [0.4, 0.5) is 0 Å². The van der Waals surface area contributed by atoms with E-state index in [9.17, 15) is 18.3 Å². The highest BCUT2D eigenvalue weighted by Gasteiger charge is 2.52. The van der Waals surface area contributed by atoms with Crippen LogP contribution >= 0.6 is 0 Å². The maximum atomic E-state index is 13.3. The summed E-state index contributed by atoms with van der Waals surface area (Å²) in [5.74, 6) is 1.53. The summed E-state index contributed by atoms with van der Waals surface area (Å²) in [4.78, 5) is 11.8. The fraction of sp³-hybridized carbons (Fsp3) is 0.480. The number of sulfone groups is 1. The van der Waals surface area contributed by atoms with Crippen LogP contribution in [-0.2, 0) is 21.0 Å². The van der Waals surface area contributed by atoms with Crippen LogP contribution < -0.4 is 4.74 Å². The molecule has 2 aromatic carbocycles. The topological polar surface area (TPSA) is 80.7 Å². The summed E-state index contributed by atoms with van der Waals surface area (Å²) in [7, 11) is -2.06. The van der Waals surface area contributed by atoms with Gasteiger partial charge in [0.05, 0.1) is 23.3 Å². The lowest BCUT2D eigenvalue weighted by Gasteiger charge is -2.57. The molecule has 4 saturated carbocycles. The van der Waals surface area contributed by atoms with E-state index in [1.807, 2.05) is 6.07 Å². The van der Waals surface area contributed by atoms with Gasteiger partial charge in [-0.1, -0.05) is 18.2 Å². The third kappa shape index (κ3) is 3.55. The van der Waals surface area contributed by atoms with E-state index in [0.29, 0.717) is 5.56 Å². The van der Waals surface area contributed by atoms with Crippen molar-refractivity contribution < 1.29 is 23.1 Å². The van der Waals surface area contributed by atoms with Gasteiger partial charge in [-0.3, -0.25) is 0 Å². The van der Waals surface area contributed by atoms with Gasteiger partial charge < -0.3 is 9.84 Å². The second kappa shape index (κ2) is 7.37. The van der Waals surface area contributed by atoms with Crippen LogP contribution in [-0.4, -0.2) is 26.6 Å². The normalized spacial score (nSPS) is 29.1. The van der Waals surface area contributed by atoms with Crippen molar-refractivity contribution in [2.24, 2.45) is 17.8 Å². The highest BCUT2D eigenvalue weighted by molar-refractivity contribution is 7.90. The van der Waals surface area contributed by atoms with Crippen molar-refractivity contribution in [1.29, 1.82) is 0 Å². The number of rotatable bonds is 6. The molecule has 0 aromatic heterocycles. The van der Waals surface area contributed by atoms with Gasteiger partial charge in [-0.25, -0.2) is 13.2 Å². The lowest BCUT2D eigenvalue weighted by Crippen LogP contribution is -2.48. The zero-order valence-electron chi connectivity index (χ0n) is 17.7. The molecule has 164 valence electrons. The van der Waals surface area contributed by atoms with Crippen molar-refractivity contribution in [3.8, 4) is 5.75 Å². The Morgan fingerprint density at radius 3 is 2.23 bits per heavy atom. The largest absolute Gasteiger partial charge is 0.496 e. The maximum Gasteiger partial charge on any atom is 0.335 e. The molecule has 0 amide bonds. The third-order valence-electron chi connectivity index (χ3n) is 7.73. The first-order chi connectivity index (χ1) is 14.8. The number of methoxy groups -OCH3 is 1. The molecule has 6 rings (SSSR count). The summed E-state index contributed by atoms with van der Waals surface area (Å²) >= 11 is 0. The van der Waals surface area contributed by atoms with Crippen LogP contribution in [0.3, 0.4) is 0 Å². The summed E-state index contributed by atoms with van der Waals surface area (Å²) in [5.41, 5.74) is 1.37. The summed E-state index contributed by atoms with van der Waals surface area (Å²) < 4.78 is 32.3. The van der Waals surface area contributed by atoms with E-state index in [1.54, 1.807) is 37.4 Å². The van der Waals surface area contributed by atoms with Crippen LogP contribution in [0.5, 0.6) is 5.75 Å². The van der Waals surface area contributed by atoms with Crippen LogP contribution in [0.1, 0.15) is 60.0 Å². The molecule has 1 N–H and O–H groups in total. The summed E-state index contributed by atoms with van der Waals surface area (Å²) in [6.45, 7) is 0. The molecule has 0 heterocycles. The zero-order chi connectivity index (χ0) is 21.8. The molecule has 0 saturated heterocycles. The Morgan fingerprint density at radius 2 is 1.65 bits per heavy atom. The van der Waals surface area contributed by atoms with Crippen LogP contribution in [0.25, 0.3) is 0 Å². The minimum atomic E-state index is -3.71. The van der Waals surface area contributed by atoms with Gasteiger partial charge in [0.15, 0.2) is 9.84 Å². The predicted octanol–water partition coefficient (Wildman–Crippen LogP) is 4.84. The van der Waals surface area contributed by atoms with Gasteiger partial charge in [-0.15, -0.1) is 0 Å². The Hall–Kier alpha value is -2.34. The van der Waals surface area contributed by atoms with Crippen molar-refractivity contribution in [3.05, 3.63) is 59.2 Å². The molecule has 0 spiro atoms. The minimum absolute atomic E-state index is 0.00456. The molecule has 0 atom stereocenters. The summed E-state index contributed by atoms with van der Waals surface area (Å²) in [5, 5.41) is 9.43. The number of carboxylic acid groups (broad SMARTS) is 1. The first-order valence-corrected chi connectivity index (χ1v) is 12.7. The Morgan fingerprint density at radius 1 is 1.03 bits per heavy atom. The fourth-order valence-electron chi connectivity index (χ4n) is 6.88. The number of aromatic carboxylic acids is 1. The van der Waals surface area contributed by atoms with Gasteiger partial charge >= 0.3 is 5.97 Å². The molecule has 0 aliphatic heterocycles. The maximum absolute atomic E-state index is 13.3. The quantitative estimate of drug-likeness (QED) is 0.695. The highest BCUT2D eigenvalue weighted by atomic mass is 32.2. The van der Waals surface area contributed by atoms with Crippen molar-refractivity contribution in [3.63, 3.8) is 0 Å². The Kier molecular flexibility index (Phi) is 4.88. The molecule has 31 heavy (non-hydrogen) atoms. The van der Waals surface area contributed by atoms with E-state index in [4.69, 9.17) is 4.74 Å². The first-order valence-electron chi connectivity index (χ1n) is 11.0. The van der Waals surface area contributed by atoms with Crippen LogP contribution in [0.15, 0.2) is 47.4 Å². The van der Waals surface area contributed by atoms with E-state index < -0.39 is 15.8 Å². The van der Waals surface area contributed by atoms with E-state index in [2.05, 4.69) is 0 Å². The van der Waals surface area contributed by atoms with Crippen LogP contribution in [0.2, 0.25) is 0 Å². The predicted molar refractivity (Wildman–Crippen MR) is 117 cm³/mol. The molecule has 4 bridgehead atoms. The van der Waals surface area contributed by atoms with E-state index in [0.717, 1.165) is 48.3 Å². The number of carbonyl (C=O) groups is 1. The van der Waals surface area contributed by atoms with Crippen LogP contribution in [0, 0.1) is 17.8 Å². The Balaban J connectivity index is 1.54. The third-order valence-corrected chi connectivity index (χ3v) is 9.40. The zero-order valence-corrected chi connectivity index (χ0v) is 18.5. The van der Waals surface area contributed by atoms with Crippen molar-refractivity contribution >= 4 is 15.8 Å². The van der Waals surface area contributed by atoms with Gasteiger partial charge in [0.1, 0.15) is 5.75 Å².